The van der Waals surface area contributed by atoms with Gasteiger partial charge in [-0.05, 0) is 64.2 Å². The van der Waals surface area contributed by atoms with Crippen LogP contribution in [0.15, 0.2) is 0 Å². The highest BCUT2D eigenvalue weighted by Crippen LogP contribution is 2.17. The molecule has 2 nitrogen and oxygen atoms in total. The molecule has 0 atom stereocenters. The fraction of sp³-hybridized carbons (Fsp3) is 1.00. The molecule has 0 N–H and O–H groups in total. The van der Waals surface area contributed by atoms with Gasteiger partial charge in [0.25, 0.3) is 0 Å². The number of hydrogen-bond acceptors (Lipinski definition) is 2. The number of nitrogens with zero attached hydrogens (tertiary/aromatic N) is 2. The van der Waals surface area contributed by atoms with Crippen molar-refractivity contribution in [2.24, 2.45) is 11.8 Å². The Morgan fingerprint density at radius 3 is 2.17 bits per heavy atom. The lowest BCUT2D eigenvalue weighted by molar-refractivity contribution is 0.117. The first-order valence-corrected chi connectivity index (χ1v) is 7.91. The highest BCUT2D eigenvalue weighted by Gasteiger charge is 2.22. The number of hydrogen-bond donors (Lipinski definition) is 0. The minimum Gasteiger partial charge on any atom is -0.303 e. The van der Waals surface area contributed by atoms with Crippen molar-refractivity contribution in [1.29, 1.82) is 0 Å². The summed E-state index contributed by atoms with van der Waals surface area (Å²) in [6, 6.07) is 0.828. The molecule has 0 aromatic carbocycles. The van der Waals surface area contributed by atoms with Gasteiger partial charge in [-0.25, -0.2) is 0 Å². The fourth-order valence-corrected chi connectivity index (χ4v) is 3.03. The van der Waals surface area contributed by atoms with Crippen molar-refractivity contribution in [1.82, 2.24) is 9.80 Å². The van der Waals surface area contributed by atoms with Gasteiger partial charge in [-0.1, -0.05) is 27.7 Å². The predicted molar refractivity (Wildman–Crippen MR) is 81.0 cm³/mol. The molecule has 0 saturated carbocycles. The van der Waals surface area contributed by atoms with E-state index in [1.807, 2.05) is 0 Å². The minimum atomic E-state index is 0.791. The van der Waals surface area contributed by atoms with Crippen LogP contribution in [0, 0.1) is 11.8 Å². The second-order valence-corrected chi connectivity index (χ2v) is 6.94. The van der Waals surface area contributed by atoms with E-state index in [1.54, 1.807) is 0 Å². The van der Waals surface area contributed by atoms with Crippen LogP contribution in [0.2, 0.25) is 0 Å². The third kappa shape index (κ3) is 6.19. The zero-order chi connectivity index (χ0) is 13.5. The zero-order valence-electron chi connectivity index (χ0n) is 13.3. The van der Waals surface area contributed by atoms with Gasteiger partial charge in [-0.2, -0.15) is 0 Å². The minimum absolute atomic E-state index is 0.791. The molecule has 0 aromatic rings. The van der Waals surface area contributed by atoms with Crippen molar-refractivity contribution < 1.29 is 0 Å². The van der Waals surface area contributed by atoms with E-state index in [1.165, 1.54) is 51.9 Å². The molecule has 1 saturated heterocycles. The summed E-state index contributed by atoms with van der Waals surface area (Å²) in [5, 5.41) is 0. The highest BCUT2D eigenvalue weighted by atomic mass is 15.2. The normalized spacial score (nSPS) is 19.3. The van der Waals surface area contributed by atoms with E-state index in [4.69, 9.17) is 0 Å². The summed E-state index contributed by atoms with van der Waals surface area (Å²) < 4.78 is 0. The number of likely N-dealkylation sites (tertiary alicyclic amines) is 1. The van der Waals surface area contributed by atoms with E-state index in [-0.39, 0.29) is 0 Å². The van der Waals surface area contributed by atoms with Crippen molar-refractivity contribution in [3.05, 3.63) is 0 Å². The first kappa shape index (κ1) is 16.0. The van der Waals surface area contributed by atoms with Crippen molar-refractivity contribution in [3.8, 4) is 0 Å². The first-order valence-electron chi connectivity index (χ1n) is 7.91. The summed E-state index contributed by atoms with van der Waals surface area (Å²) in [6.07, 6.45) is 5.49. The van der Waals surface area contributed by atoms with E-state index in [0.717, 1.165) is 17.9 Å². The van der Waals surface area contributed by atoms with Crippen LogP contribution in [0.3, 0.4) is 0 Å². The van der Waals surface area contributed by atoms with E-state index in [0.29, 0.717) is 0 Å². The Morgan fingerprint density at radius 2 is 1.67 bits per heavy atom. The van der Waals surface area contributed by atoms with E-state index in [9.17, 15) is 0 Å². The Kier molecular flexibility index (Phi) is 7.25. The molecule has 0 spiro atoms. The standard InChI is InChI=1S/C16H34N2/c1-14(2)7-6-10-18-11-8-16(9-12-18)17(5)13-15(3)4/h14-16H,6-13H2,1-5H3. The average molecular weight is 254 g/mol. The second kappa shape index (κ2) is 8.16. The summed E-state index contributed by atoms with van der Waals surface area (Å²) in [5.74, 6) is 1.65. The second-order valence-electron chi connectivity index (χ2n) is 6.94. The Balaban J connectivity index is 2.16. The molecule has 0 amide bonds. The van der Waals surface area contributed by atoms with Crippen LogP contribution in [-0.2, 0) is 0 Å². The Hall–Kier alpha value is -0.0800. The SMILES string of the molecule is CC(C)CCCN1CCC(N(C)CC(C)C)CC1. The number of rotatable bonds is 7. The third-order valence-electron chi connectivity index (χ3n) is 4.09. The van der Waals surface area contributed by atoms with E-state index >= 15 is 0 Å². The van der Waals surface area contributed by atoms with Crippen molar-refractivity contribution >= 4 is 0 Å². The smallest absolute Gasteiger partial charge is 0.0117 e. The lowest BCUT2D eigenvalue weighted by atomic mass is 10.0. The summed E-state index contributed by atoms with van der Waals surface area (Å²) in [6.45, 7) is 14.5. The van der Waals surface area contributed by atoms with Gasteiger partial charge in [0, 0.05) is 12.6 Å². The third-order valence-corrected chi connectivity index (χ3v) is 4.09. The molecule has 1 aliphatic rings. The van der Waals surface area contributed by atoms with Gasteiger partial charge in [0.1, 0.15) is 0 Å². The van der Waals surface area contributed by atoms with Crippen molar-refractivity contribution in [3.63, 3.8) is 0 Å². The molecule has 1 heterocycles. The molecule has 1 aliphatic heterocycles. The summed E-state index contributed by atoms with van der Waals surface area (Å²) >= 11 is 0. The zero-order valence-corrected chi connectivity index (χ0v) is 13.3. The van der Waals surface area contributed by atoms with E-state index < -0.39 is 0 Å². The van der Waals surface area contributed by atoms with Gasteiger partial charge in [0.05, 0.1) is 0 Å². The van der Waals surface area contributed by atoms with Crippen LogP contribution in [0.5, 0.6) is 0 Å². The molecule has 0 bridgehead atoms. The maximum Gasteiger partial charge on any atom is 0.0117 e. The lowest BCUT2D eigenvalue weighted by Crippen LogP contribution is -2.44. The molecule has 0 radical (unpaired) electrons. The molecular weight excluding hydrogens is 220 g/mol. The molecule has 0 aromatic heterocycles. The van der Waals surface area contributed by atoms with Crippen LogP contribution in [-0.4, -0.2) is 49.1 Å². The monoisotopic (exact) mass is 254 g/mol. The maximum atomic E-state index is 2.67. The van der Waals surface area contributed by atoms with E-state index in [2.05, 4.69) is 44.5 Å². The van der Waals surface area contributed by atoms with Crippen molar-refractivity contribution in [2.45, 2.75) is 59.4 Å². The highest BCUT2D eigenvalue weighted by molar-refractivity contribution is 4.78. The summed E-state index contributed by atoms with van der Waals surface area (Å²) in [5.41, 5.74) is 0. The molecule has 1 fully saturated rings. The van der Waals surface area contributed by atoms with Crippen LogP contribution >= 0.6 is 0 Å². The van der Waals surface area contributed by atoms with Gasteiger partial charge in [0.2, 0.25) is 0 Å². The Morgan fingerprint density at radius 1 is 1.06 bits per heavy atom. The average Bonchev–Trinajstić information content (AvgIpc) is 2.28. The fourth-order valence-electron chi connectivity index (χ4n) is 3.03. The Bertz CT molecular complexity index is 205. The summed E-state index contributed by atoms with van der Waals surface area (Å²) in [4.78, 5) is 5.25. The molecule has 0 unspecified atom stereocenters. The van der Waals surface area contributed by atoms with Crippen LogP contribution < -0.4 is 0 Å². The predicted octanol–water partition coefficient (Wildman–Crippen LogP) is 3.47. The molecule has 1 rings (SSSR count). The Labute approximate surface area is 115 Å². The quantitative estimate of drug-likeness (QED) is 0.686. The number of piperidine rings is 1. The van der Waals surface area contributed by atoms with Gasteiger partial charge in [-0.15, -0.1) is 0 Å². The molecular formula is C16H34N2. The van der Waals surface area contributed by atoms with Crippen LogP contribution in [0.1, 0.15) is 53.4 Å². The van der Waals surface area contributed by atoms with Crippen molar-refractivity contribution in [2.75, 3.05) is 33.2 Å². The lowest BCUT2D eigenvalue weighted by Gasteiger charge is -2.37. The van der Waals surface area contributed by atoms with Gasteiger partial charge in [0.15, 0.2) is 0 Å². The molecule has 18 heavy (non-hydrogen) atoms. The van der Waals surface area contributed by atoms with Gasteiger partial charge >= 0.3 is 0 Å². The topological polar surface area (TPSA) is 6.48 Å². The first-order chi connectivity index (χ1) is 8.49. The molecule has 2 heteroatoms. The van der Waals surface area contributed by atoms with Crippen LogP contribution in [0.25, 0.3) is 0 Å². The van der Waals surface area contributed by atoms with Gasteiger partial charge in [-0.3, -0.25) is 0 Å². The molecule has 0 aliphatic carbocycles. The van der Waals surface area contributed by atoms with Gasteiger partial charge < -0.3 is 9.80 Å². The largest absolute Gasteiger partial charge is 0.303 e. The summed E-state index contributed by atoms with van der Waals surface area (Å²) in [7, 11) is 2.30. The van der Waals surface area contributed by atoms with Crippen LogP contribution in [0.4, 0.5) is 0 Å². The maximum absolute atomic E-state index is 2.67. The molecule has 108 valence electrons.